The lowest BCUT2D eigenvalue weighted by molar-refractivity contribution is -0.0501. The molecule has 2 aromatic rings. The van der Waals surface area contributed by atoms with Crippen LogP contribution in [0, 0.1) is 0 Å². The summed E-state index contributed by atoms with van der Waals surface area (Å²) < 4.78 is 29.6. The predicted molar refractivity (Wildman–Crippen MR) is 80.2 cm³/mol. The summed E-state index contributed by atoms with van der Waals surface area (Å²) in [5, 5.41) is 3.10. The lowest BCUT2D eigenvalue weighted by atomic mass is 10.2. The smallest absolute Gasteiger partial charge is 0.387 e. The van der Waals surface area contributed by atoms with E-state index >= 15 is 0 Å². The molecule has 0 atom stereocenters. The molecule has 0 aromatic heterocycles. The minimum absolute atomic E-state index is 0.0136. The summed E-state index contributed by atoms with van der Waals surface area (Å²) in [5.41, 5.74) is 0.482. The second kappa shape index (κ2) is 6.87. The number of hydrogen-bond donors (Lipinski definition) is 1. The van der Waals surface area contributed by atoms with Crippen LogP contribution in [0.5, 0.6) is 5.75 Å². The van der Waals surface area contributed by atoms with Crippen LogP contribution in [-0.2, 0) is 0 Å². The summed E-state index contributed by atoms with van der Waals surface area (Å²) in [4.78, 5) is 12.2. The average molecular weight is 377 g/mol. The monoisotopic (exact) mass is 375 g/mol. The van der Waals surface area contributed by atoms with Gasteiger partial charge in [-0.05, 0) is 46.3 Å². The van der Waals surface area contributed by atoms with Crippen molar-refractivity contribution in [3.8, 4) is 5.75 Å². The Morgan fingerprint density at radius 3 is 2.62 bits per heavy atom. The van der Waals surface area contributed by atoms with Gasteiger partial charge in [0.05, 0.1) is 11.3 Å². The molecule has 0 saturated heterocycles. The largest absolute Gasteiger partial charge is 0.434 e. The van der Waals surface area contributed by atoms with E-state index in [-0.39, 0.29) is 11.3 Å². The molecule has 1 amide bonds. The van der Waals surface area contributed by atoms with Gasteiger partial charge in [-0.2, -0.15) is 8.78 Å². The van der Waals surface area contributed by atoms with Gasteiger partial charge in [0.1, 0.15) is 5.75 Å². The third-order valence-electron chi connectivity index (χ3n) is 2.53. The molecule has 0 aliphatic heterocycles. The van der Waals surface area contributed by atoms with Crippen LogP contribution >= 0.6 is 27.5 Å². The Labute approximate surface area is 133 Å². The maximum Gasteiger partial charge on any atom is 0.387 e. The number of rotatable bonds is 4. The van der Waals surface area contributed by atoms with Gasteiger partial charge >= 0.3 is 6.61 Å². The second-order valence-corrected chi connectivity index (χ2v) is 5.24. The highest BCUT2D eigenvalue weighted by Gasteiger charge is 2.16. The van der Waals surface area contributed by atoms with Crippen LogP contribution in [0.3, 0.4) is 0 Å². The van der Waals surface area contributed by atoms with Crippen molar-refractivity contribution in [2.45, 2.75) is 6.61 Å². The van der Waals surface area contributed by atoms with Crippen LogP contribution in [-0.4, -0.2) is 12.5 Å². The van der Waals surface area contributed by atoms with Gasteiger partial charge in [0.2, 0.25) is 0 Å². The van der Waals surface area contributed by atoms with Gasteiger partial charge in [-0.1, -0.05) is 23.7 Å². The summed E-state index contributed by atoms with van der Waals surface area (Å²) in [5.74, 6) is -0.746. The number of anilines is 1. The highest BCUT2D eigenvalue weighted by molar-refractivity contribution is 9.10. The number of amides is 1. The Morgan fingerprint density at radius 1 is 1.24 bits per heavy atom. The van der Waals surface area contributed by atoms with Gasteiger partial charge in [0, 0.05) is 9.50 Å². The first-order valence-electron chi connectivity index (χ1n) is 5.77. The van der Waals surface area contributed by atoms with Crippen molar-refractivity contribution in [2.24, 2.45) is 0 Å². The first kappa shape index (κ1) is 15.7. The molecule has 0 spiro atoms. The van der Waals surface area contributed by atoms with E-state index in [4.69, 9.17) is 11.6 Å². The Hall–Kier alpha value is -1.66. The maximum atomic E-state index is 12.3. The molecule has 0 aliphatic rings. The van der Waals surface area contributed by atoms with Crippen molar-refractivity contribution in [3.63, 3.8) is 0 Å². The molecule has 0 bridgehead atoms. The molecule has 0 saturated carbocycles. The molecule has 0 aliphatic carbocycles. The van der Waals surface area contributed by atoms with Crippen LogP contribution in [0.15, 0.2) is 46.9 Å². The highest BCUT2D eigenvalue weighted by Crippen LogP contribution is 2.27. The fourth-order valence-electron chi connectivity index (χ4n) is 1.63. The van der Waals surface area contributed by atoms with E-state index in [0.29, 0.717) is 15.2 Å². The fraction of sp³-hybridized carbons (Fsp3) is 0.0714. The predicted octanol–water partition coefficient (Wildman–Crippen LogP) is 4.96. The minimum atomic E-state index is -3.00. The highest BCUT2D eigenvalue weighted by atomic mass is 79.9. The molecule has 1 N–H and O–H groups in total. The molecule has 21 heavy (non-hydrogen) atoms. The van der Waals surface area contributed by atoms with Crippen molar-refractivity contribution in [1.29, 1.82) is 0 Å². The van der Waals surface area contributed by atoms with E-state index in [2.05, 4.69) is 26.0 Å². The number of ether oxygens (including phenoxy) is 1. The third kappa shape index (κ3) is 4.15. The second-order valence-electron chi connectivity index (χ2n) is 3.95. The Bertz CT molecular complexity index is 667. The number of alkyl halides is 2. The number of para-hydroxylation sites is 1. The first-order valence-corrected chi connectivity index (χ1v) is 6.94. The quantitative estimate of drug-likeness (QED) is 0.819. The molecule has 0 radical (unpaired) electrons. The topological polar surface area (TPSA) is 38.3 Å². The van der Waals surface area contributed by atoms with Gasteiger partial charge in [-0.15, -0.1) is 0 Å². The Balaban J connectivity index is 2.24. The average Bonchev–Trinajstić information content (AvgIpc) is 2.42. The van der Waals surface area contributed by atoms with Gasteiger partial charge in [0.15, 0.2) is 0 Å². The van der Waals surface area contributed by atoms with Gasteiger partial charge in [0.25, 0.3) is 5.91 Å². The first-order chi connectivity index (χ1) is 9.97. The fourth-order valence-corrected chi connectivity index (χ4v) is 2.42. The molecular weight excluding hydrogens is 368 g/mol. The Kier molecular flexibility index (Phi) is 5.14. The Morgan fingerprint density at radius 2 is 1.95 bits per heavy atom. The van der Waals surface area contributed by atoms with E-state index in [1.165, 1.54) is 18.2 Å². The summed E-state index contributed by atoms with van der Waals surface area (Å²) in [6.45, 7) is -3.00. The summed E-state index contributed by atoms with van der Waals surface area (Å²) in [6, 6.07) is 10.6. The van der Waals surface area contributed by atoms with Crippen molar-refractivity contribution in [1.82, 2.24) is 0 Å². The lowest BCUT2D eigenvalue weighted by Gasteiger charge is -2.11. The van der Waals surface area contributed by atoms with E-state index in [0.717, 1.165) is 0 Å². The normalized spacial score (nSPS) is 10.5. The van der Waals surface area contributed by atoms with Gasteiger partial charge in [-0.25, -0.2) is 0 Å². The third-order valence-corrected chi connectivity index (χ3v) is 3.42. The van der Waals surface area contributed by atoms with E-state index in [1.807, 2.05) is 0 Å². The molecule has 0 heterocycles. The van der Waals surface area contributed by atoms with E-state index < -0.39 is 12.5 Å². The maximum absolute atomic E-state index is 12.3. The molecule has 2 aromatic carbocycles. The summed E-state index contributed by atoms with van der Waals surface area (Å²) in [7, 11) is 0. The molecule has 0 fully saturated rings. The molecule has 7 heteroatoms. The number of hydrogen-bond acceptors (Lipinski definition) is 2. The zero-order chi connectivity index (χ0) is 15.4. The molecule has 2 rings (SSSR count). The van der Waals surface area contributed by atoms with Crippen molar-refractivity contribution < 1.29 is 18.3 Å². The number of halogens is 4. The minimum Gasteiger partial charge on any atom is -0.434 e. The number of carbonyl (C=O) groups excluding carboxylic acids is 1. The molecule has 110 valence electrons. The zero-order valence-electron chi connectivity index (χ0n) is 10.4. The van der Waals surface area contributed by atoms with Crippen LogP contribution in [0.2, 0.25) is 5.02 Å². The standard InChI is InChI=1S/C14H9BrClF2NO2/c15-10-7-8(16)5-6-11(10)19-13(20)9-3-1-2-4-12(9)21-14(17)18/h1-7,14H,(H,19,20). The van der Waals surface area contributed by atoms with Gasteiger partial charge < -0.3 is 10.1 Å². The molecular formula is C14H9BrClF2NO2. The van der Waals surface area contributed by atoms with Gasteiger partial charge in [-0.3, -0.25) is 4.79 Å². The van der Waals surface area contributed by atoms with Crippen LogP contribution in [0.4, 0.5) is 14.5 Å². The summed E-state index contributed by atoms with van der Waals surface area (Å²) >= 11 is 9.06. The van der Waals surface area contributed by atoms with E-state index in [1.54, 1.807) is 24.3 Å². The van der Waals surface area contributed by atoms with Crippen molar-refractivity contribution >= 4 is 39.1 Å². The van der Waals surface area contributed by atoms with Crippen molar-refractivity contribution in [2.75, 3.05) is 5.32 Å². The lowest BCUT2D eigenvalue weighted by Crippen LogP contribution is -2.15. The molecule has 0 unspecified atom stereocenters. The zero-order valence-corrected chi connectivity index (χ0v) is 12.8. The van der Waals surface area contributed by atoms with Crippen molar-refractivity contribution in [3.05, 3.63) is 57.5 Å². The number of benzene rings is 2. The van der Waals surface area contributed by atoms with Crippen LogP contribution in [0.25, 0.3) is 0 Å². The van der Waals surface area contributed by atoms with Crippen LogP contribution in [0.1, 0.15) is 10.4 Å². The SMILES string of the molecule is O=C(Nc1ccc(Cl)cc1Br)c1ccccc1OC(F)F. The molecule has 3 nitrogen and oxygen atoms in total. The van der Waals surface area contributed by atoms with E-state index in [9.17, 15) is 13.6 Å². The number of nitrogens with one attached hydrogen (secondary N) is 1. The number of carbonyl (C=O) groups is 1. The summed E-state index contributed by atoms with van der Waals surface area (Å²) in [6.07, 6.45) is 0. The van der Waals surface area contributed by atoms with Crippen LogP contribution < -0.4 is 10.1 Å².